The van der Waals surface area contributed by atoms with Crippen LogP contribution in [0.2, 0.25) is 0 Å². The van der Waals surface area contributed by atoms with Crippen LogP contribution in [0.5, 0.6) is 0 Å². The van der Waals surface area contributed by atoms with E-state index in [-0.39, 0.29) is 6.10 Å². The fraction of sp³-hybridized carbons (Fsp3) is 0.852. The van der Waals surface area contributed by atoms with Gasteiger partial charge in [0.05, 0.1) is 6.10 Å². The quantitative estimate of drug-likeness (QED) is 0.510. The average molecular weight is 385 g/mol. The summed E-state index contributed by atoms with van der Waals surface area (Å²) in [5.74, 6) is 5.03. The van der Waals surface area contributed by atoms with Crippen molar-refractivity contribution in [2.24, 2.45) is 46.3 Å². The normalized spacial score (nSPS) is 46.8. The van der Waals surface area contributed by atoms with E-state index in [9.17, 15) is 5.11 Å². The Morgan fingerprint density at radius 3 is 2.61 bits per heavy atom. The van der Waals surface area contributed by atoms with E-state index in [4.69, 9.17) is 0 Å². The van der Waals surface area contributed by atoms with Gasteiger partial charge in [-0.15, -0.1) is 0 Å². The van der Waals surface area contributed by atoms with Gasteiger partial charge in [0.2, 0.25) is 0 Å². The summed E-state index contributed by atoms with van der Waals surface area (Å²) in [7, 11) is 0. The summed E-state index contributed by atoms with van der Waals surface area (Å²) in [6.45, 7) is 12.3. The maximum Gasteiger partial charge on any atom is 0.0577 e. The lowest BCUT2D eigenvalue weighted by atomic mass is 9.47. The highest BCUT2D eigenvalue weighted by Gasteiger charge is 2.58. The fourth-order valence-electron chi connectivity index (χ4n) is 8.25. The second-order valence-electron chi connectivity index (χ2n) is 11.8. The van der Waals surface area contributed by atoms with E-state index in [1.54, 1.807) is 5.57 Å². The molecular weight excluding hydrogens is 340 g/mol. The highest BCUT2D eigenvalue weighted by molar-refractivity contribution is 5.25. The Hall–Kier alpha value is -0.560. The molecule has 0 amide bonds. The maximum atomic E-state index is 10.2. The third-order valence-electron chi connectivity index (χ3n) is 9.83. The van der Waals surface area contributed by atoms with Gasteiger partial charge in [-0.3, -0.25) is 0 Å². The molecule has 3 fully saturated rings. The van der Waals surface area contributed by atoms with Crippen LogP contribution in [0.1, 0.15) is 92.4 Å². The van der Waals surface area contributed by atoms with Crippen molar-refractivity contribution in [1.29, 1.82) is 0 Å². The molecule has 0 bridgehead atoms. The molecule has 4 aliphatic rings. The second kappa shape index (κ2) is 7.60. The van der Waals surface area contributed by atoms with E-state index in [1.165, 1.54) is 44.9 Å². The summed E-state index contributed by atoms with van der Waals surface area (Å²) in [6.07, 6.45) is 18.9. The number of aliphatic hydroxyl groups is 1. The number of hydrogen-bond acceptors (Lipinski definition) is 1. The molecule has 4 aliphatic carbocycles. The Morgan fingerprint density at radius 1 is 1.07 bits per heavy atom. The first-order valence-corrected chi connectivity index (χ1v) is 12.3. The van der Waals surface area contributed by atoms with Crippen molar-refractivity contribution in [1.82, 2.24) is 0 Å². The molecule has 0 spiro atoms. The molecule has 0 unspecified atom stereocenters. The first kappa shape index (κ1) is 20.7. The van der Waals surface area contributed by atoms with Crippen LogP contribution in [-0.4, -0.2) is 11.2 Å². The molecule has 3 saturated carbocycles. The Morgan fingerprint density at radius 2 is 1.86 bits per heavy atom. The van der Waals surface area contributed by atoms with Crippen LogP contribution in [0, 0.1) is 46.3 Å². The highest BCUT2D eigenvalue weighted by Crippen LogP contribution is 2.67. The van der Waals surface area contributed by atoms with Crippen molar-refractivity contribution in [3.8, 4) is 0 Å². The molecule has 0 aromatic rings. The zero-order valence-corrected chi connectivity index (χ0v) is 19.1. The first-order chi connectivity index (χ1) is 13.3. The topological polar surface area (TPSA) is 20.2 Å². The first-order valence-electron chi connectivity index (χ1n) is 12.3. The van der Waals surface area contributed by atoms with Crippen LogP contribution < -0.4 is 0 Å². The predicted molar refractivity (Wildman–Crippen MR) is 119 cm³/mol. The fourth-order valence-corrected chi connectivity index (χ4v) is 8.25. The van der Waals surface area contributed by atoms with Gasteiger partial charge in [-0.2, -0.15) is 0 Å². The van der Waals surface area contributed by atoms with Crippen LogP contribution in [0.4, 0.5) is 0 Å². The van der Waals surface area contributed by atoms with Crippen LogP contribution in [0.25, 0.3) is 0 Å². The molecule has 0 saturated heterocycles. The standard InChI is InChI=1S/C27H44O/c1-18(2)7-6-8-19(3)23-11-12-24-22-10-9-20-17-21(28)13-15-26(20,4)25(22)14-16-27(23,24)5/h6,8-9,18-19,21-25,28H,7,10-17H2,1-5H3/t19-,21+,22+,23-,24+,25+,26+,27-/m1/s1. The molecule has 1 nitrogen and oxygen atoms in total. The zero-order valence-electron chi connectivity index (χ0n) is 19.1. The van der Waals surface area contributed by atoms with Crippen molar-refractivity contribution in [3.63, 3.8) is 0 Å². The number of aliphatic hydroxyl groups excluding tert-OH is 1. The minimum atomic E-state index is -0.0842. The van der Waals surface area contributed by atoms with Crippen LogP contribution >= 0.6 is 0 Å². The van der Waals surface area contributed by atoms with Gasteiger partial charge < -0.3 is 5.11 Å². The number of allylic oxidation sites excluding steroid dienone is 3. The van der Waals surface area contributed by atoms with Crippen molar-refractivity contribution in [2.75, 3.05) is 0 Å². The smallest absolute Gasteiger partial charge is 0.0577 e. The third-order valence-corrected chi connectivity index (χ3v) is 9.83. The number of rotatable bonds is 4. The lowest BCUT2D eigenvalue weighted by Gasteiger charge is -2.58. The van der Waals surface area contributed by atoms with Crippen LogP contribution in [0.3, 0.4) is 0 Å². The Labute approximate surface area is 174 Å². The zero-order chi connectivity index (χ0) is 20.1. The van der Waals surface area contributed by atoms with E-state index in [2.05, 4.69) is 52.8 Å². The molecule has 0 aromatic heterocycles. The summed E-state index contributed by atoms with van der Waals surface area (Å²) in [5.41, 5.74) is 2.53. The molecule has 0 radical (unpaired) electrons. The van der Waals surface area contributed by atoms with Gasteiger partial charge in [0.1, 0.15) is 0 Å². The van der Waals surface area contributed by atoms with Gasteiger partial charge in [-0.25, -0.2) is 0 Å². The minimum Gasteiger partial charge on any atom is -0.393 e. The largest absolute Gasteiger partial charge is 0.393 e. The average Bonchev–Trinajstić information content (AvgIpc) is 2.99. The highest BCUT2D eigenvalue weighted by atomic mass is 16.3. The lowest BCUT2D eigenvalue weighted by molar-refractivity contribution is -0.0540. The van der Waals surface area contributed by atoms with E-state index in [1.807, 2.05) is 0 Å². The third kappa shape index (κ3) is 3.34. The van der Waals surface area contributed by atoms with Gasteiger partial charge in [-0.1, -0.05) is 58.4 Å². The van der Waals surface area contributed by atoms with E-state index in [0.717, 1.165) is 48.3 Å². The summed E-state index contributed by atoms with van der Waals surface area (Å²) < 4.78 is 0. The van der Waals surface area contributed by atoms with Gasteiger partial charge >= 0.3 is 0 Å². The Balaban J connectivity index is 1.53. The van der Waals surface area contributed by atoms with E-state index < -0.39 is 0 Å². The number of hydrogen-bond donors (Lipinski definition) is 1. The molecule has 0 heterocycles. The molecule has 28 heavy (non-hydrogen) atoms. The van der Waals surface area contributed by atoms with Gasteiger partial charge in [0.25, 0.3) is 0 Å². The molecule has 1 N–H and O–H groups in total. The summed E-state index contributed by atoms with van der Waals surface area (Å²) in [4.78, 5) is 0. The van der Waals surface area contributed by atoms with Crippen LogP contribution in [-0.2, 0) is 0 Å². The van der Waals surface area contributed by atoms with Crippen molar-refractivity contribution in [3.05, 3.63) is 23.8 Å². The molecule has 4 rings (SSSR count). The lowest BCUT2D eigenvalue weighted by Crippen LogP contribution is -2.50. The van der Waals surface area contributed by atoms with Crippen molar-refractivity contribution >= 4 is 0 Å². The predicted octanol–water partition coefficient (Wildman–Crippen LogP) is 7.16. The summed E-state index contributed by atoms with van der Waals surface area (Å²) in [5, 5.41) is 10.2. The van der Waals surface area contributed by atoms with Gasteiger partial charge in [-0.05, 0) is 104 Å². The molecule has 0 aliphatic heterocycles. The van der Waals surface area contributed by atoms with Crippen molar-refractivity contribution < 1.29 is 5.11 Å². The minimum absolute atomic E-state index is 0.0842. The van der Waals surface area contributed by atoms with Gasteiger partial charge in [0, 0.05) is 0 Å². The van der Waals surface area contributed by atoms with E-state index >= 15 is 0 Å². The maximum absolute atomic E-state index is 10.2. The van der Waals surface area contributed by atoms with Crippen molar-refractivity contribution in [2.45, 2.75) is 98.5 Å². The Kier molecular flexibility index (Phi) is 5.62. The Bertz CT molecular complexity index is 630. The SMILES string of the molecule is CC(C)CC=C[C@@H](C)[C@H]1CC[C@H]2[C@@H]3CC=C4C[C@@H](O)CC[C@]4(C)[C@H]3CC[C@]12C. The monoisotopic (exact) mass is 384 g/mol. The molecule has 158 valence electrons. The summed E-state index contributed by atoms with van der Waals surface area (Å²) >= 11 is 0. The molecule has 0 aromatic carbocycles. The van der Waals surface area contributed by atoms with Gasteiger partial charge in [0.15, 0.2) is 0 Å². The van der Waals surface area contributed by atoms with Crippen LogP contribution in [0.15, 0.2) is 23.8 Å². The summed E-state index contributed by atoms with van der Waals surface area (Å²) in [6, 6.07) is 0. The van der Waals surface area contributed by atoms with E-state index in [0.29, 0.717) is 10.8 Å². The molecule has 8 atom stereocenters. The number of fused-ring (bicyclic) bond motifs is 5. The second-order valence-corrected chi connectivity index (χ2v) is 11.8. The molecule has 1 heteroatoms. The molecular formula is C27H44O.